The highest BCUT2D eigenvalue weighted by atomic mass is 28.2. The molecule has 1 aromatic rings. The van der Waals surface area contributed by atoms with Crippen molar-refractivity contribution in [3.8, 4) is 0 Å². The van der Waals surface area contributed by atoms with Gasteiger partial charge in [-0.25, -0.2) is 0 Å². The van der Waals surface area contributed by atoms with Crippen LogP contribution in [0.1, 0.15) is 5.56 Å². The number of hydrogen-bond acceptors (Lipinski definition) is 1. The minimum Gasteiger partial charge on any atom is -0.428 e. The van der Waals surface area contributed by atoms with E-state index in [1.54, 1.807) is 0 Å². The van der Waals surface area contributed by atoms with Crippen LogP contribution in [0.2, 0.25) is 0 Å². The molecule has 0 aliphatic carbocycles. The highest BCUT2D eigenvalue weighted by Gasteiger charge is 1.89. The first-order chi connectivity index (χ1) is 4.33. The van der Waals surface area contributed by atoms with Crippen LogP contribution in [0.5, 0.6) is 0 Å². The Hall–Kier alpha value is -0.603. The van der Waals surface area contributed by atoms with Crippen molar-refractivity contribution in [2.75, 3.05) is 0 Å². The van der Waals surface area contributed by atoms with Gasteiger partial charge in [0, 0.05) is 0 Å². The molecule has 46 valence electrons. The summed E-state index contributed by atoms with van der Waals surface area (Å²) in [7, 11) is -0.0736. The Morgan fingerprint density at radius 2 is 2.22 bits per heavy atom. The van der Waals surface area contributed by atoms with E-state index in [2.05, 4.69) is 0 Å². The SMILES string of the molecule is Cc1cccc([Si]O)c1. The Labute approximate surface area is 57.3 Å². The summed E-state index contributed by atoms with van der Waals surface area (Å²) in [6, 6.07) is 7.88. The molecule has 1 aromatic carbocycles. The van der Waals surface area contributed by atoms with Gasteiger partial charge in [-0.3, -0.25) is 0 Å². The van der Waals surface area contributed by atoms with Gasteiger partial charge in [0.05, 0.1) is 0 Å². The van der Waals surface area contributed by atoms with E-state index in [1.807, 2.05) is 31.2 Å². The fraction of sp³-hybridized carbons (Fsp3) is 0.143. The van der Waals surface area contributed by atoms with Crippen molar-refractivity contribution in [3.63, 3.8) is 0 Å². The third-order valence-corrected chi connectivity index (χ3v) is 1.72. The average molecular weight is 136 g/mol. The van der Waals surface area contributed by atoms with Crippen LogP contribution in [-0.2, 0) is 0 Å². The normalized spacial score (nSPS) is 9.56. The van der Waals surface area contributed by atoms with Gasteiger partial charge in [-0.05, 0) is 12.1 Å². The molecule has 9 heavy (non-hydrogen) atoms. The van der Waals surface area contributed by atoms with Crippen LogP contribution in [0, 0.1) is 6.92 Å². The van der Waals surface area contributed by atoms with Crippen molar-refractivity contribution >= 4 is 14.9 Å². The van der Waals surface area contributed by atoms with Gasteiger partial charge in [-0.15, -0.1) is 0 Å². The predicted molar refractivity (Wildman–Crippen MR) is 38.8 cm³/mol. The van der Waals surface area contributed by atoms with Crippen molar-refractivity contribution in [1.82, 2.24) is 0 Å². The fourth-order valence-electron chi connectivity index (χ4n) is 0.715. The zero-order chi connectivity index (χ0) is 6.69. The quantitative estimate of drug-likeness (QED) is 0.548. The molecular weight excluding hydrogens is 128 g/mol. The van der Waals surface area contributed by atoms with E-state index in [0.29, 0.717) is 0 Å². The van der Waals surface area contributed by atoms with Gasteiger partial charge in [0.1, 0.15) is 0 Å². The Kier molecular flexibility index (Phi) is 2.03. The lowest BCUT2D eigenvalue weighted by molar-refractivity contribution is 0.615. The third kappa shape index (κ3) is 1.66. The lowest BCUT2D eigenvalue weighted by atomic mass is 10.2. The van der Waals surface area contributed by atoms with Gasteiger partial charge in [0.15, 0.2) is 0 Å². The predicted octanol–water partition coefficient (Wildman–Crippen LogP) is 0.232. The van der Waals surface area contributed by atoms with Crippen LogP contribution >= 0.6 is 0 Å². The number of rotatable bonds is 1. The summed E-state index contributed by atoms with van der Waals surface area (Å²) in [5.41, 5.74) is 1.20. The molecule has 1 rings (SSSR count). The molecule has 2 heteroatoms. The van der Waals surface area contributed by atoms with Crippen LogP contribution in [0.3, 0.4) is 0 Å². The van der Waals surface area contributed by atoms with Crippen molar-refractivity contribution in [3.05, 3.63) is 29.8 Å². The zero-order valence-electron chi connectivity index (χ0n) is 5.26. The number of hydrogen-bond donors (Lipinski definition) is 1. The maximum atomic E-state index is 8.69. The molecule has 0 saturated carbocycles. The second-order valence-electron chi connectivity index (χ2n) is 1.98. The summed E-state index contributed by atoms with van der Waals surface area (Å²) in [5, 5.41) is 1.01. The van der Waals surface area contributed by atoms with Crippen LogP contribution in [0.15, 0.2) is 24.3 Å². The highest BCUT2D eigenvalue weighted by molar-refractivity contribution is 6.45. The summed E-state index contributed by atoms with van der Waals surface area (Å²) in [6.45, 7) is 2.02. The maximum Gasteiger partial charge on any atom is 0.265 e. The molecule has 0 fully saturated rings. The van der Waals surface area contributed by atoms with E-state index in [4.69, 9.17) is 4.80 Å². The Bertz CT molecular complexity index is 198. The maximum absolute atomic E-state index is 8.69. The highest BCUT2D eigenvalue weighted by Crippen LogP contribution is 1.90. The lowest BCUT2D eigenvalue weighted by Crippen LogP contribution is -2.12. The first-order valence-corrected chi connectivity index (χ1v) is 3.74. The minimum absolute atomic E-state index is 0.0736. The standard InChI is InChI=1S/C7H8OSi/c1-6-3-2-4-7(5-6)9-8/h2-5,8H,1H3. The summed E-state index contributed by atoms with van der Waals surface area (Å²) in [6.07, 6.45) is 0. The number of benzene rings is 1. The molecule has 0 amide bonds. The molecule has 0 saturated heterocycles. The summed E-state index contributed by atoms with van der Waals surface area (Å²) in [5.74, 6) is 0. The Morgan fingerprint density at radius 1 is 1.44 bits per heavy atom. The van der Waals surface area contributed by atoms with Crippen LogP contribution in [0.25, 0.3) is 0 Å². The van der Waals surface area contributed by atoms with Gasteiger partial charge < -0.3 is 4.80 Å². The van der Waals surface area contributed by atoms with Crippen LogP contribution in [0.4, 0.5) is 0 Å². The second-order valence-corrected chi connectivity index (χ2v) is 2.78. The monoisotopic (exact) mass is 136 g/mol. The molecule has 0 bridgehead atoms. The fourth-order valence-corrected chi connectivity index (χ4v) is 1.18. The Morgan fingerprint density at radius 3 is 2.67 bits per heavy atom. The van der Waals surface area contributed by atoms with E-state index in [0.717, 1.165) is 5.19 Å². The number of aryl methyl sites for hydroxylation is 1. The molecule has 2 radical (unpaired) electrons. The largest absolute Gasteiger partial charge is 0.428 e. The lowest BCUT2D eigenvalue weighted by Gasteiger charge is -1.93. The molecule has 0 spiro atoms. The topological polar surface area (TPSA) is 20.2 Å². The third-order valence-electron chi connectivity index (χ3n) is 1.15. The van der Waals surface area contributed by atoms with Crippen LogP contribution in [-0.4, -0.2) is 14.6 Å². The van der Waals surface area contributed by atoms with Gasteiger partial charge in [0.2, 0.25) is 0 Å². The summed E-state index contributed by atoms with van der Waals surface area (Å²) in [4.78, 5) is 8.69. The second kappa shape index (κ2) is 2.80. The molecule has 0 heterocycles. The van der Waals surface area contributed by atoms with Gasteiger partial charge in [-0.2, -0.15) is 0 Å². The molecule has 1 N–H and O–H groups in total. The molecule has 0 unspecified atom stereocenters. The van der Waals surface area contributed by atoms with E-state index in [1.165, 1.54) is 5.56 Å². The van der Waals surface area contributed by atoms with E-state index < -0.39 is 0 Å². The summed E-state index contributed by atoms with van der Waals surface area (Å²) < 4.78 is 0. The molecule has 0 aliphatic rings. The van der Waals surface area contributed by atoms with E-state index in [9.17, 15) is 0 Å². The van der Waals surface area contributed by atoms with Gasteiger partial charge >= 0.3 is 0 Å². The van der Waals surface area contributed by atoms with Crippen LogP contribution < -0.4 is 5.19 Å². The molecule has 1 nitrogen and oxygen atoms in total. The van der Waals surface area contributed by atoms with E-state index in [-0.39, 0.29) is 9.76 Å². The molecule has 0 atom stereocenters. The minimum atomic E-state index is -0.0736. The Balaban J connectivity index is 2.94. The first-order valence-electron chi connectivity index (χ1n) is 2.79. The van der Waals surface area contributed by atoms with Crippen molar-refractivity contribution < 1.29 is 4.80 Å². The van der Waals surface area contributed by atoms with Gasteiger partial charge in [0.25, 0.3) is 9.76 Å². The van der Waals surface area contributed by atoms with Crippen molar-refractivity contribution in [2.24, 2.45) is 0 Å². The molecule has 0 aliphatic heterocycles. The van der Waals surface area contributed by atoms with E-state index >= 15 is 0 Å². The summed E-state index contributed by atoms with van der Waals surface area (Å²) >= 11 is 0. The van der Waals surface area contributed by atoms with Gasteiger partial charge in [-0.1, -0.05) is 29.8 Å². The van der Waals surface area contributed by atoms with Crippen molar-refractivity contribution in [1.29, 1.82) is 0 Å². The molecular formula is C7H8OSi. The first kappa shape index (κ1) is 6.52. The smallest absolute Gasteiger partial charge is 0.265 e. The van der Waals surface area contributed by atoms with Crippen molar-refractivity contribution in [2.45, 2.75) is 6.92 Å². The average Bonchev–Trinajstić information content (AvgIpc) is 1.88. The molecule has 0 aromatic heterocycles. The zero-order valence-corrected chi connectivity index (χ0v) is 6.26.